The highest BCUT2D eigenvalue weighted by atomic mass is 16.5. The summed E-state index contributed by atoms with van der Waals surface area (Å²) in [6.07, 6.45) is 7.04. The first kappa shape index (κ1) is 26.5. The van der Waals surface area contributed by atoms with Crippen molar-refractivity contribution >= 4 is 17.8 Å². The third-order valence-corrected chi connectivity index (χ3v) is 8.47. The summed E-state index contributed by atoms with van der Waals surface area (Å²) in [7, 11) is 1.83. The highest BCUT2D eigenvalue weighted by Gasteiger charge is 2.33. The SMILES string of the molecule is CC1CCCCC1Oc1ccc(CN2Cc3ccc(-c4ncc(N5CCC(=O)NC5=O)n4C)nc3C2CO)cc1. The number of aliphatic hydroxyl groups excluding tert-OH is 1. The van der Waals surface area contributed by atoms with Crippen LogP contribution in [0.3, 0.4) is 0 Å². The number of hydrogen-bond acceptors (Lipinski definition) is 7. The zero-order chi connectivity index (χ0) is 27.8. The van der Waals surface area contributed by atoms with E-state index in [2.05, 4.69) is 46.4 Å². The van der Waals surface area contributed by atoms with E-state index in [9.17, 15) is 14.7 Å². The third-order valence-electron chi connectivity index (χ3n) is 8.47. The van der Waals surface area contributed by atoms with Crippen molar-refractivity contribution in [2.24, 2.45) is 13.0 Å². The number of anilines is 1. The molecule has 10 heteroatoms. The number of imidazole rings is 1. The fourth-order valence-corrected chi connectivity index (χ4v) is 6.13. The van der Waals surface area contributed by atoms with Gasteiger partial charge >= 0.3 is 6.03 Å². The fraction of sp³-hybridized carbons (Fsp3) is 0.467. The number of benzene rings is 1. The minimum absolute atomic E-state index is 0.0436. The minimum atomic E-state index is -0.452. The number of aliphatic hydroxyl groups is 1. The topological polar surface area (TPSA) is 113 Å². The first-order valence-corrected chi connectivity index (χ1v) is 14.1. The molecule has 0 bridgehead atoms. The van der Waals surface area contributed by atoms with Crippen LogP contribution in [0.15, 0.2) is 42.6 Å². The summed E-state index contributed by atoms with van der Waals surface area (Å²) in [6, 6.07) is 11.6. The molecule has 0 radical (unpaired) electrons. The lowest BCUT2D eigenvalue weighted by Gasteiger charge is -2.29. The number of rotatable bonds is 7. The van der Waals surface area contributed by atoms with E-state index in [4.69, 9.17) is 9.72 Å². The molecule has 3 aromatic rings. The molecule has 2 N–H and O–H groups in total. The van der Waals surface area contributed by atoms with Crippen molar-refractivity contribution in [1.82, 2.24) is 24.8 Å². The number of fused-ring (bicyclic) bond motifs is 1. The molecule has 1 saturated heterocycles. The molecule has 3 aliphatic rings. The lowest BCUT2D eigenvalue weighted by molar-refractivity contribution is -0.120. The Hall–Kier alpha value is -3.76. The van der Waals surface area contributed by atoms with Gasteiger partial charge in [-0.25, -0.2) is 14.8 Å². The predicted octanol–water partition coefficient (Wildman–Crippen LogP) is 3.94. The van der Waals surface area contributed by atoms with Gasteiger partial charge in [-0.2, -0.15) is 0 Å². The first-order chi connectivity index (χ1) is 19.4. The summed E-state index contributed by atoms with van der Waals surface area (Å²) >= 11 is 0. The van der Waals surface area contributed by atoms with E-state index in [0.717, 1.165) is 29.0 Å². The van der Waals surface area contributed by atoms with Crippen LogP contribution in [-0.4, -0.2) is 55.7 Å². The molecule has 3 atom stereocenters. The van der Waals surface area contributed by atoms with E-state index < -0.39 is 6.03 Å². The maximum absolute atomic E-state index is 12.3. The molecule has 2 aliphatic heterocycles. The van der Waals surface area contributed by atoms with Crippen molar-refractivity contribution < 1.29 is 19.4 Å². The maximum Gasteiger partial charge on any atom is 0.329 e. The van der Waals surface area contributed by atoms with E-state index in [1.165, 1.54) is 24.2 Å². The van der Waals surface area contributed by atoms with Crippen LogP contribution >= 0.6 is 0 Å². The Morgan fingerprint density at radius 3 is 2.65 bits per heavy atom. The Labute approximate surface area is 234 Å². The smallest absolute Gasteiger partial charge is 0.329 e. The van der Waals surface area contributed by atoms with Crippen LogP contribution in [0.5, 0.6) is 5.75 Å². The molecular weight excluding hydrogens is 508 g/mol. The first-order valence-electron chi connectivity index (χ1n) is 14.1. The number of amides is 3. The highest BCUT2D eigenvalue weighted by Crippen LogP contribution is 2.36. The molecule has 0 spiro atoms. The second-order valence-electron chi connectivity index (χ2n) is 11.2. The van der Waals surface area contributed by atoms with E-state index in [-0.39, 0.29) is 25.0 Å². The lowest BCUT2D eigenvalue weighted by atomic mass is 9.88. The Morgan fingerprint density at radius 2 is 1.90 bits per heavy atom. The van der Waals surface area contributed by atoms with Gasteiger partial charge in [0.2, 0.25) is 5.91 Å². The number of urea groups is 1. The summed E-state index contributed by atoms with van der Waals surface area (Å²) in [5, 5.41) is 12.7. The number of hydrogen-bond donors (Lipinski definition) is 2. The van der Waals surface area contributed by atoms with Crippen molar-refractivity contribution in [1.29, 1.82) is 0 Å². The maximum atomic E-state index is 12.3. The third kappa shape index (κ3) is 5.09. The number of carbonyl (C=O) groups is 2. The van der Waals surface area contributed by atoms with Crippen molar-refractivity contribution in [3.05, 3.63) is 59.4 Å². The molecule has 1 aromatic carbocycles. The van der Waals surface area contributed by atoms with E-state index >= 15 is 0 Å². The summed E-state index contributed by atoms with van der Waals surface area (Å²) in [4.78, 5) is 37.1. The van der Waals surface area contributed by atoms with Gasteiger partial charge in [-0.1, -0.05) is 31.5 Å². The summed E-state index contributed by atoms with van der Waals surface area (Å²) in [5.41, 5.74) is 3.75. The van der Waals surface area contributed by atoms with Crippen molar-refractivity contribution in [2.75, 3.05) is 18.1 Å². The average molecular weight is 545 g/mol. The summed E-state index contributed by atoms with van der Waals surface area (Å²) in [5.74, 6) is 2.43. The molecule has 3 unspecified atom stereocenters. The Bertz CT molecular complexity index is 1400. The molecule has 210 valence electrons. The number of carbonyl (C=O) groups excluding carboxylic acids is 2. The van der Waals surface area contributed by atoms with Crippen LogP contribution in [0.1, 0.15) is 61.9 Å². The fourth-order valence-electron chi connectivity index (χ4n) is 6.13. The number of nitrogens with one attached hydrogen (secondary N) is 1. The minimum Gasteiger partial charge on any atom is -0.490 e. The van der Waals surface area contributed by atoms with Crippen LogP contribution in [0, 0.1) is 5.92 Å². The molecule has 1 saturated carbocycles. The predicted molar refractivity (Wildman–Crippen MR) is 150 cm³/mol. The van der Waals surface area contributed by atoms with E-state index in [1.54, 1.807) is 6.20 Å². The number of imide groups is 1. The molecule has 6 rings (SSSR count). The molecule has 2 fully saturated rings. The zero-order valence-corrected chi connectivity index (χ0v) is 23.0. The van der Waals surface area contributed by atoms with Crippen molar-refractivity contribution in [2.45, 2.75) is 64.3 Å². The standard InChI is InChI=1S/C30H36N6O4/c1-19-5-3-4-6-25(19)40-22-10-7-20(8-11-22)16-35-17-21-9-12-23(32-28(21)24(35)18-37)29-31-15-27(34(29)2)36-14-13-26(38)33-30(36)39/h7-12,15,19,24-25,37H,3-6,13-14,16-18H2,1-2H3,(H,33,38,39). The molecule has 4 heterocycles. The van der Waals surface area contributed by atoms with Gasteiger partial charge in [0.15, 0.2) is 5.82 Å². The number of ether oxygens (including phenoxy) is 1. The molecule has 1 aliphatic carbocycles. The average Bonchev–Trinajstić information content (AvgIpc) is 3.50. The van der Waals surface area contributed by atoms with Gasteiger partial charge in [-0.15, -0.1) is 0 Å². The largest absolute Gasteiger partial charge is 0.490 e. The van der Waals surface area contributed by atoms with Gasteiger partial charge in [-0.05, 0) is 54.5 Å². The van der Waals surface area contributed by atoms with Gasteiger partial charge in [0.1, 0.15) is 23.4 Å². The number of pyridine rings is 1. The second kappa shape index (κ2) is 11.0. The highest BCUT2D eigenvalue weighted by molar-refractivity contribution is 6.05. The van der Waals surface area contributed by atoms with Gasteiger partial charge < -0.3 is 14.4 Å². The molecular formula is C30H36N6O4. The van der Waals surface area contributed by atoms with Gasteiger partial charge in [0.25, 0.3) is 0 Å². The van der Waals surface area contributed by atoms with E-state index in [1.807, 2.05) is 23.7 Å². The Kier molecular flexibility index (Phi) is 7.29. The van der Waals surface area contributed by atoms with Gasteiger partial charge in [0, 0.05) is 33.1 Å². The van der Waals surface area contributed by atoms with Crippen molar-refractivity contribution in [3.8, 4) is 17.3 Å². The summed E-state index contributed by atoms with van der Waals surface area (Å²) < 4.78 is 8.10. The number of nitrogens with zero attached hydrogens (tertiary/aromatic N) is 5. The van der Waals surface area contributed by atoms with Crippen LogP contribution in [0.25, 0.3) is 11.5 Å². The quantitative estimate of drug-likeness (QED) is 0.463. The molecule has 10 nitrogen and oxygen atoms in total. The van der Waals surface area contributed by atoms with Crippen LogP contribution < -0.4 is 15.0 Å². The molecule has 2 aromatic heterocycles. The lowest BCUT2D eigenvalue weighted by Crippen LogP contribution is -2.50. The van der Waals surface area contributed by atoms with Gasteiger partial charge in [0.05, 0.1) is 24.5 Å². The molecule has 3 amide bonds. The van der Waals surface area contributed by atoms with E-state index in [0.29, 0.717) is 49.0 Å². The number of aromatic nitrogens is 3. The van der Waals surface area contributed by atoms with Crippen LogP contribution in [-0.2, 0) is 24.9 Å². The Balaban J connectivity index is 1.16. The normalized spacial score (nSPS) is 23.3. The zero-order valence-electron chi connectivity index (χ0n) is 23.0. The second-order valence-corrected chi connectivity index (χ2v) is 11.2. The van der Waals surface area contributed by atoms with Crippen LogP contribution in [0.4, 0.5) is 10.6 Å². The Morgan fingerprint density at radius 1 is 1.10 bits per heavy atom. The molecule has 40 heavy (non-hydrogen) atoms. The van der Waals surface area contributed by atoms with Crippen LogP contribution in [0.2, 0.25) is 0 Å². The van der Waals surface area contributed by atoms with Crippen molar-refractivity contribution in [3.63, 3.8) is 0 Å². The van der Waals surface area contributed by atoms with Gasteiger partial charge in [-0.3, -0.25) is 19.9 Å². The monoisotopic (exact) mass is 544 g/mol. The summed E-state index contributed by atoms with van der Waals surface area (Å²) in [6.45, 7) is 3.92.